The van der Waals surface area contributed by atoms with Gasteiger partial charge in [-0.05, 0) is 24.6 Å². The molecule has 1 aliphatic heterocycles. The molecular formula is C12H13NO. The largest absolute Gasteiger partial charge is 0.496 e. The van der Waals surface area contributed by atoms with Gasteiger partial charge in [0.2, 0.25) is 0 Å². The summed E-state index contributed by atoms with van der Waals surface area (Å²) in [5, 5.41) is 0. The minimum Gasteiger partial charge on any atom is -0.496 e. The van der Waals surface area contributed by atoms with Crippen molar-refractivity contribution in [1.29, 1.82) is 0 Å². The molecule has 0 bridgehead atoms. The molecule has 72 valence electrons. The molecule has 0 unspecified atom stereocenters. The highest BCUT2D eigenvalue weighted by Gasteiger charge is 2.12. The van der Waals surface area contributed by atoms with E-state index in [9.17, 15) is 0 Å². The van der Waals surface area contributed by atoms with Crippen molar-refractivity contribution in [3.05, 3.63) is 41.6 Å². The lowest BCUT2D eigenvalue weighted by atomic mass is 10.0. The van der Waals surface area contributed by atoms with Crippen molar-refractivity contribution in [2.24, 2.45) is 4.99 Å². The van der Waals surface area contributed by atoms with Gasteiger partial charge in [0.1, 0.15) is 5.75 Å². The van der Waals surface area contributed by atoms with E-state index in [4.69, 9.17) is 4.74 Å². The van der Waals surface area contributed by atoms with Crippen LogP contribution in [0.3, 0.4) is 0 Å². The second-order valence-electron chi connectivity index (χ2n) is 3.43. The quantitative estimate of drug-likeness (QED) is 0.697. The maximum absolute atomic E-state index is 5.29. The lowest BCUT2D eigenvalue weighted by molar-refractivity contribution is 0.414. The highest BCUT2D eigenvalue weighted by molar-refractivity contribution is 6.05. The SMILES string of the molecule is COc1ccccc1C1=NC=C(C)C1. The maximum atomic E-state index is 5.29. The van der Waals surface area contributed by atoms with Crippen molar-refractivity contribution < 1.29 is 4.74 Å². The molecule has 0 N–H and O–H groups in total. The molecule has 2 nitrogen and oxygen atoms in total. The Hall–Kier alpha value is -1.57. The Kier molecular flexibility index (Phi) is 2.35. The topological polar surface area (TPSA) is 21.6 Å². The molecule has 2 heteroatoms. The summed E-state index contributed by atoms with van der Waals surface area (Å²) in [5.74, 6) is 0.898. The first-order valence-electron chi connectivity index (χ1n) is 4.67. The van der Waals surface area contributed by atoms with E-state index >= 15 is 0 Å². The number of benzene rings is 1. The maximum Gasteiger partial charge on any atom is 0.127 e. The number of methoxy groups -OCH3 is 1. The summed E-state index contributed by atoms with van der Waals surface area (Å²) in [4.78, 5) is 4.37. The number of hydrogen-bond donors (Lipinski definition) is 0. The first-order chi connectivity index (χ1) is 6.81. The van der Waals surface area contributed by atoms with Crippen molar-refractivity contribution in [1.82, 2.24) is 0 Å². The van der Waals surface area contributed by atoms with Gasteiger partial charge < -0.3 is 4.74 Å². The number of hydrogen-bond acceptors (Lipinski definition) is 2. The van der Waals surface area contributed by atoms with Crippen molar-refractivity contribution in [2.75, 3.05) is 7.11 Å². The highest BCUT2D eigenvalue weighted by Crippen LogP contribution is 2.24. The summed E-state index contributed by atoms with van der Waals surface area (Å²) >= 11 is 0. The van der Waals surface area contributed by atoms with Crippen LogP contribution in [-0.4, -0.2) is 12.8 Å². The number of rotatable bonds is 2. The van der Waals surface area contributed by atoms with Crippen LogP contribution in [0.25, 0.3) is 0 Å². The van der Waals surface area contributed by atoms with Crippen LogP contribution >= 0.6 is 0 Å². The Morgan fingerprint density at radius 2 is 2.07 bits per heavy atom. The number of aliphatic imine (C=N–C) groups is 1. The summed E-state index contributed by atoms with van der Waals surface area (Å²) in [6.45, 7) is 2.09. The van der Waals surface area contributed by atoms with E-state index in [1.165, 1.54) is 5.57 Å². The van der Waals surface area contributed by atoms with Gasteiger partial charge in [0, 0.05) is 18.2 Å². The van der Waals surface area contributed by atoms with Gasteiger partial charge in [-0.1, -0.05) is 12.1 Å². The fourth-order valence-electron chi connectivity index (χ4n) is 1.59. The molecule has 0 saturated carbocycles. The number of allylic oxidation sites excluding steroid dienone is 1. The van der Waals surface area contributed by atoms with Gasteiger partial charge in [-0.3, -0.25) is 4.99 Å². The first-order valence-corrected chi connectivity index (χ1v) is 4.67. The Labute approximate surface area is 83.9 Å². The van der Waals surface area contributed by atoms with Crippen LogP contribution in [0.1, 0.15) is 18.9 Å². The molecule has 1 aromatic carbocycles. The van der Waals surface area contributed by atoms with Crippen LogP contribution in [0.2, 0.25) is 0 Å². The molecule has 1 aliphatic rings. The van der Waals surface area contributed by atoms with Crippen LogP contribution in [0.4, 0.5) is 0 Å². The molecule has 0 saturated heterocycles. The van der Waals surface area contributed by atoms with Crippen molar-refractivity contribution >= 4 is 5.71 Å². The fourth-order valence-corrected chi connectivity index (χ4v) is 1.59. The summed E-state index contributed by atoms with van der Waals surface area (Å²) in [7, 11) is 1.69. The minimum atomic E-state index is 0.898. The zero-order chi connectivity index (χ0) is 9.97. The van der Waals surface area contributed by atoms with E-state index in [2.05, 4.69) is 11.9 Å². The highest BCUT2D eigenvalue weighted by atomic mass is 16.5. The Morgan fingerprint density at radius 1 is 1.29 bits per heavy atom. The number of ether oxygens (including phenoxy) is 1. The number of nitrogens with zero attached hydrogens (tertiary/aromatic N) is 1. The van der Waals surface area contributed by atoms with Crippen LogP contribution < -0.4 is 4.74 Å². The van der Waals surface area contributed by atoms with E-state index in [0.29, 0.717) is 0 Å². The number of para-hydroxylation sites is 1. The second kappa shape index (κ2) is 3.66. The van der Waals surface area contributed by atoms with Crippen molar-refractivity contribution in [2.45, 2.75) is 13.3 Å². The Balaban J connectivity index is 2.34. The monoisotopic (exact) mass is 187 g/mol. The summed E-state index contributed by atoms with van der Waals surface area (Å²) in [5.41, 5.74) is 3.49. The summed E-state index contributed by atoms with van der Waals surface area (Å²) in [6, 6.07) is 7.99. The Morgan fingerprint density at radius 3 is 2.71 bits per heavy atom. The third-order valence-corrected chi connectivity index (χ3v) is 2.30. The van der Waals surface area contributed by atoms with E-state index < -0.39 is 0 Å². The fraction of sp³-hybridized carbons (Fsp3) is 0.250. The van der Waals surface area contributed by atoms with E-state index in [1.807, 2.05) is 30.5 Å². The van der Waals surface area contributed by atoms with E-state index in [-0.39, 0.29) is 0 Å². The summed E-state index contributed by atoms with van der Waals surface area (Å²) in [6.07, 6.45) is 2.85. The van der Waals surface area contributed by atoms with Gasteiger partial charge in [-0.2, -0.15) is 0 Å². The molecule has 1 heterocycles. The molecular weight excluding hydrogens is 174 g/mol. The summed E-state index contributed by atoms with van der Waals surface area (Å²) < 4.78 is 5.29. The van der Waals surface area contributed by atoms with Crippen molar-refractivity contribution in [3.63, 3.8) is 0 Å². The van der Waals surface area contributed by atoms with Crippen LogP contribution in [0, 0.1) is 0 Å². The lowest BCUT2D eigenvalue weighted by Crippen LogP contribution is -2.00. The van der Waals surface area contributed by atoms with Gasteiger partial charge in [-0.25, -0.2) is 0 Å². The molecule has 2 rings (SSSR count). The molecule has 1 aromatic rings. The molecule has 0 fully saturated rings. The smallest absolute Gasteiger partial charge is 0.127 e. The van der Waals surface area contributed by atoms with Gasteiger partial charge in [-0.15, -0.1) is 0 Å². The average Bonchev–Trinajstić information content (AvgIpc) is 2.65. The van der Waals surface area contributed by atoms with E-state index in [1.54, 1.807) is 7.11 Å². The van der Waals surface area contributed by atoms with Crippen LogP contribution in [0.5, 0.6) is 5.75 Å². The third kappa shape index (κ3) is 1.55. The molecule has 0 amide bonds. The second-order valence-corrected chi connectivity index (χ2v) is 3.43. The first kappa shape index (κ1) is 9.00. The lowest BCUT2D eigenvalue weighted by Gasteiger charge is -2.07. The zero-order valence-corrected chi connectivity index (χ0v) is 8.45. The molecule has 0 spiro atoms. The normalized spacial score (nSPS) is 15.0. The predicted octanol–water partition coefficient (Wildman–Crippen LogP) is 2.79. The molecule has 0 aliphatic carbocycles. The predicted molar refractivity (Wildman–Crippen MR) is 57.9 cm³/mol. The zero-order valence-electron chi connectivity index (χ0n) is 8.45. The molecule has 0 atom stereocenters. The van der Waals surface area contributed by atoms with Crippen LogP contribution in [-0.2, 0) is 0 Å². The van der Waals surface area contributed by atoms with E-state index in [0.717, 1.165) is 23.4 Å². The minimum absolute atomic E-state index is 0.898. The Bertz CT molecular complexity index is 405. The van der Waals surface area contributed by atoms with Gasteiger partial charge in [0.15, 0.2) is 0 Å². The van der Waals surface area contributed by atoms with Gasteiger partial charge >= 0.3 is 0 Å². The molecule has 0 aromatic heterocycles. The average molecular weight is 187 g/mol. The van der Waals surface area contributed by atoms with Crippen LogP contribution in [0.15, 0.2) is 41.0 Å². The molecule has 14 heavy (non-hydrogen) atoms. The standard InChI is InChI=1S/C12H13NO/c1-9-7-11(13-8-9)10-5-3-4-6-12(10)14-2/h3-6,8H,7H2,1-2H3. The van der Waals surface area contributed by atoms with Gasteiger partial charge in [0.05, 0.1) is 12.8 Å². The van der Waals surface area contributed by atoms with Gasteiger partial charge in [0.25, 0.3) is 0 Å². The third-order valence-electron chi connectivity index (χ3n) is 2.30. The van der Waals surface area contributed by atoms with Crippen molar-refractivity contribution in [3.8, 4) is 5.75 Å². The molecule has 0 radical (unpaired) electrons.